The molecule has 0 saturated carbocycles. The second-order valence-electron chi connectivity index (χ2n) is 3.97. The zero-order valence-corrected chi connectivity index (χ0v) is 10.0. The van der Waals surface area contributed by atoms with Gasteiger partial charge in [-0.1, -0.05) is 17.7 Å². The van der Waals surface area contributed by atoms with Crippen molar-refractivity contribution < 1.29 is 9.47 Å². The van der Waals surface area contributed by atoms with Crippen molar-refractivity contribution >= 4 is 11.6 Å². The fourth-order valence-corrected chi connectivity index (χ4v) is 2.37. The smallest absolute Gasteiger partial charge is 0.137 e. The van der Waals surface area contributed by atoms with Crippen molar-refractivity contribution in [2.45, 2.75) is 12.5 Å². The van der Waals surface area contributed by atoms with E-state index in [1.54, 1.807) is 7.11 Å². The van der Waals surface area contributed by atoms with Gasteiger partial charge in [0.15, 0.2) is 0 Å². The lowest BCUT2D eigenvalue weighted by Crippen LogP contribution is -2.17. The van der Waals surface area contributed by atoms with Gasteiger partial charge in [0.05, 0.1) is 18.2 Å². The highest BCUT2D eigenvalue weighted by atomic mass is 35.5. The molecule has 2 N–H and O–H groups in total. The molecule has 2 atom stereocenters. The first kappa shape index (κ1) is 11.7. The minimum atomic E-state index is 0.0772. The molecule has 1 aromatic rings. The predicted molar refractivity (Wildman–Crippen MR) is 63.9 cm³/mol. The Balaban J connectivity index is 2.23. The monoisotopic (exact) mass is 241 g/mol. The van der Waals surface area contributed by atoms with Crippen molar-refractivity contribution in [1.82, 2.24) is 0 Å². The first-order chi connectivity index (χ1) is 7.76. The number of benzene rings is 1. The van der Waals surface area contributed by atoms with Gasteiger partial charge in [-0.15, -0.1) is 0 Å². The molecule has 16 heavy (non-hydrogen) atoms. The first-order valence-electron chi connectivity index (χ1n) is 5.41. The van der Waals surface area contributed by atoms with Crippen LogP contribution in [-0.4, -0.2) is 20.3 Å². The quantitative estimate of drug-likeness (QED) is 0.884. The number of hydrogen-bond donors (Lipinski definition) is 1. The maximum Gasteiger partial charge on any atom is 0.137 e. The normalized spacial score (nSPS) is 24.7. The van der Waals surface area contributed by atoms with Crippen LogP contribution in [0.4, 0.5) is 0 Å². The Morgan fingerprint density at radius 2 is 2.38 bits per heavy atom. The number of nitrogens with two attached hydrogens (primary N) is 1. The summed E-state index contributed by atoms with van der Waals surface area (Å²) in [6, 6.07) is 5.76. The standard InChI is InChI=1S/C12H16ClNO2/c1-15-11-3-2-8(6-10(11)13)12-9(7-14)4-5-16-12/h2-3,6,9,12H,4-5,7,14H2,1H3. The molecule has 0 amide bonds. The van der Waals surface area contributed by atoms with Gasteiger partial charge >= 0.3 is 0 Å². The molecule has 0 bridgehead atoms. The summed E-state index contributed by atoms with van der Waals surface area (Å²) in [6.45, 7) is 1.42. The van der Waals surface area contributed by atoms with Crippen LogP contribution in [0.5, 0.6) is 5.75 Å². The second kappa shape index (κ2) is 5.04. The van der Waals surface area contributed by atoms with Crippen molar-refractivity contribution in [2.24, 2.45) is 11.7 Å². The van der Waals surface area contributed by atoms with E-state index in [-0.39, 0.29) is 6.10 Å². The predicted octanol–water partition coefficient (Wildman–Crippen LogP) is 2.38. The lowest BCUT2D eigenvalue weighted by Gasteiger charge is -2.18. The zero-order valence-electron chi connectivity index (χ0n) is 9.28. The summed E-state index contributed by atoms with van der Waals surface area (Å²) in [4.78, 5) is 0. The summed E-state index contributed by atoms with van der Waals surface area (Å²) in [5.74, 6) is 1.08. The van der Waals surface area contributed by atoms with E-state index >= 15 is 0 Å². The van der Waals surface area contributed by atoms with Crippen molar-refractivity contribution in [2.75, 3.05) is 20.3 Å². The molecule has 2 rings (SSSR count). The summed E-state index contributed by atoms with van der Waals surface area (Å²) in [7, 11) is 1.61. The minimum Gasteiger partial charge on any atom is -0.495 e. The maximum atomic E-state index is 6.09. The van der Waals surface area contributed by atoms with Gasteiger partial charge in [0.2, 0.25) is 0 Å². The molecule has 0 radical (unpaired) electrons. The summed E-state index contributed by atoms with van der Waals surface area (Å²) in [5.41, 5.74) is 6.80. The number of hydrogen-bond acceptors (Lipinski definition) is 3. The highest BCUT2D eigenvalue weighted by Gasteiger charge is 2.28. The van der Waals surface area contributed by atoms with Gasteiger partial charge < -0.3 is 15.2 Å². The van der Waals surface area contributed by atoms with Gasteiger partial charge in [0.25, 0.3) is 0 Å². The summed E-state index contributed by atoms with van der Waals surface area (Å²) in [5, 5.41) is 0.617. The molecule has 88 valence electrons. The Hall–Kier alpha value is -0.770. The second-order valence-corrected chi connectivity index (χ2v) is 4.38. The van der Waals surface area contributed by atoms with E-state index in [4.69, 9.17) is 26.8 Å². The Labute approximate surface area is 100 Å². The molecule has 0 aliphatic carbocycles. The van der Waals surface area contributed by atoms with E-state index in [1.807, 2.05) is 18.2 Å². The van der Waals surface area contributed by atoms with Crippen molar-refractivity contribution in [3.63, 3.8) is 0 Å². The van der Waals surface area contributed by atoms with Crippen LogP contribution in [0.3, 0.4) is 0 Å². The van der Waals surface area contributed by atoms with Crippen LogP contribution in [0.15, 0.2) is 18.2 Å². The average molecular weight is 242 g/mol. The van der Waals surface area contributed by atoms with Crippen LogP contribution >= 0.6 is 11.6 Å². The first-order valence-corrected chi connectivity index (χ1v) is 5.79. The molecule has 1 saturated heterocycles. The van der Waals surface area contributed by atoms with Gasteiger partial charge in [-0.2, -0.15) is 0 Å². The van der Waals surface area contributed by atoms with Crippen molar-refractivity contribution in [1.29, 1.82) is 0 Å². The summed E-state index contributed by atoms with van der Waals surface area (Å²) < 4.78 is 10.8. The van der Waals surface area contributed by atoms with Crippen LogP contribution in [0, 0.1) is 5.92 Å². The molecule has 1 aliphatic heterocycles. The molecule has 2 unspecified atom stereocenters. The van der Waals surface area contributed by atoms with E-state index in [2.05, 4.69) is 0 Å². The Morgan fingerprint density at radius 1 is 1.56 bits per heavy atom. The van der Waals surface area contributed by atoms with Crippen molar-refractivity contribution in [3.05, 3.63) is 28.8 Å². The third-order valence-electron chi connectivity index (χ3n) is 3.02. The van der Waals surface area contributed by atoms with Gasteiger partial charge in [0, 0.05) is 12.5 Å². The summed E-state index contributed by atoms with van der Waals surface area (Å²) in [6.07, 6.45) is 1.10. The third kappa shape index (κ3) is 2.17. The number of ether oxygens (including phenoxy) is 2. The minimum absolute atomic E-state index is 0.0772. The van der Waals surface area contributed by atoms with Gasteiger partial charge in [-0.05, 0) is 30.7 Å². The molecule has 0 aromatic heterocycles. The highest BCUT2D eigenvalue weighted by molar-refractivity contribution is 6.32. The largest absolute Gasteiger partial charge is 0.495 e. The Morgan fingerprint density at radius 3 is 3.00 bits per heavy atom. The fourth-order valence-electron chi connectivity index (χ4n) is 2.10. The van der Waals surface area contributed by atoms with E-state index in [0.29, 0.717) is 23.2 Å². The molecule has 4 heteroatoms. The van der Waals surface area contributed by atoms with Crippen LogP contribution in [0.25, 0.3) is 0 Å². The molecule has 1 fully saturated rings. The molecular formula is C12H16ClNO2. The van der Waals surface area contributed by atoms with Crippen LogP contribution < -0.4 is 10.5 Å². The SMILES string of the molecule is COc1ccc(C2OCCC2CN)cc1Cl. The van der Waals surface area contributed by atoms with Crippen LogP contribution in [0.2, 0.25) is 5.02 Å². The molecule has 0 spiro atoms. The Bertz CT molecular complexity index is 370. The third-order valence-corrected chi connectivity index (χ3v) is 3.32. The molecule has 1 aliphatic rings. The average Bonchev–Trinajstić information content (AvgIpc) is 2.77. The highest BCUT2D eigenvalue weighted by Crippen LogP contribution is 2.36. The number of rotatable bonds is 3. The van der Waals surface area contributed by atoms with E-state index in [0.717, 1.165) is 18.6 Å². The number of methoxy groups -OCH3 is 1. The lowest BCUT2D eigenvalue weighted by atomic mass is 9.95. The van der Waals surface area contributed by atoms with Crippen LogP contribution in [0.1, 0.15) is 18.1 Å². The van der Waals surface area contributed by atoms with Crippen molar-refractivity contribution in [3.8, 4) is 5.75 Å². The summed E-state index contributed by atoms with van der Waals surface area (Å²) >= 11 is 6.09. The number of halogens is 1. The maximum absolute atomic E-state index is 6.09. The topological polar surface area (TPSA) is 44.5 Å². The fraction of sp³-hybridized carbons (Fsp3) is 0.500. The molecule has 1 heterocycles. The van der Waals surface area contributed by atoms with Gasteiger partial charge in [-0.25, -0.2) is 0 Å². The van der Waals surface area contributed by atoms with E-state index in [1.165, 1.54) is 0 Å². The van der Waals surface area contributed by atoms with Gasteiger partial charge in [-0.3, -0.25) is 0 Å². The molecular weight excluding hydrogens is 226 g/mol. The van der Waals surface area contributed by atoms with Crippen LogP contribution in [-0.2, 0) is 4.74 Å². The van der Waals surface area contributed by atoms with Gasteiger partial charge in [0.1, 0.15) is 5.75 Å². The molecule has 3 nitrogen and oxygen atoms in total. The van der Waals surface area contributed by atoms with E-state index < -0.39 is 0 Å². The lowest BCUT2D eigenvalue weighted by molar-refractivity contribution is 0.0924. The molecule has 1 aromatic carbocycles. The Kier molecular flexibility index (Phi) is 3.69. The van der Waals surface area contributed by atoms with E-state index in [9.17, 15) is 0 Å². The zero-order chi connectivity index (χ0) is 11.5.